The Hall–Kier alpha value is -1.97. The summed E-state index contributed by atoms with van der Waals surface area (Å²) in [5.74, 6) is -0.707. The van der Waals surface area contributed by atoms with E-state index >= 15 is 0 Å². The second-order valence-corrected chi connectivity index (χ2v) is 9.39. The van der Waals surface area contributed by atoms with Crippen LogP contribution in [0.25, 0.3) is 0 Å². The van der Waals surface area contributed by atoms with Gasteiger partial charge in [0.2, 0.25) is 10.0 Å². The van der Waals surface area contributed by atoms with Gasteiger partial charge < -0.3 is 10.1 Å². The van der Waals surface area contributed by atoms with E-state index in [-0.39, 0.29) is 38.9 Å². The summed E-state index contributed by atoms with van der Waals surface area (Å²) < 4.78 is 33.3. The Morgan fingerprint density at radius 1 is 1.13 bits per heavy atom. The molecule has 0 spiro atoms. The van der Waals surface area contributed by atoms with Crippen LogP contribution in [0.3, 0.4) is 0 Å². The molecule has 0 aliphatic carbocycles. The van der Waals surface area contributed by atoms with Gasteiger partial charge in [0.15, 0.2) is 5.78 Å². The molecule has 2 N–H and O–H groups in total. The molecule has 1 saturated heterocycles. The number of amides is 1. The van der Waals surface area contributed by atoms with Crippen LogP contribution < -0.4 is 10.0 Å². The summed E-state index contributed by atoms with van der Waals surface area (Å²) in [6.45, 7) is 2.16. The third-order valence-electron chi connectivity index (χ3n) is 4.63. The van der Waals surface area contributed by atoms with Crippen LogP contribution >= 0.6 is 23.2 Å². The number of benzene rings is 2. The maximum absolute atomic E-state index is 12.7. The van der Waals surface area contributed by atoms with Crippen molar-refractivity contribution in [3.63, 3.8) is 0 Å². The quantitative estimate of drug-likeness (QED) is 0.597. The van der Waals surface area contributed by atoms with Crippen molar-refractivity contribution in [2.75, 3.05) is 18.5 Å². The molecule has 1 heterocycles. The zero-order valence-corrected chi connectivity index (χ0v) is 18.4. The van der Waals surface area contributed by atoms with Gasteiger partial charge in [-0.1, -0.05) is 23.2 Å². The van der Waals surface area contributed by atoms with Crippen molar-refractivity contribution in [3.05, 3.63) is 57.6 Å². The van der Waals surface area contributed by atoms with Crippen LogP contribution in [-0.2, 0) is 14.8 Å². The van der Waals surface area contributed by atoms with Crippen molar-refractivity contribution in [2.45, 2.75) is 30.8 Å². The zero-order valence-electron chi connectivity index (χ0n) is 16.1. The largest absolute Gasteiger partial charge is 0.377 e. The van der Waals surface area contributed by atoms with Gasteiger partial charge in [0.25, 0.3) is 5.91 Å². The molecule has 0 saturated carbocycles. The van der Waals surface area contributed by atoms with Gasteiger partial charge in [0.05, 0.1) is 21.7 Å². The summed E-state index contributed by atoms with van der Waals surface area (Å²) in [7, 11) is -3.98. The topological polar surface area (TPSA) is 102 Å². The van der Waals surface area contributed by atoms with Crippen molar-refractivity contribution >= 4 is 50.6 Å². The van der Waals surface area contributed by atoms with Gasteiger partial charge in [-0.15, -0.1) is 0 Å². The van der Waals surface area contributed by atoms with Gasteiger partial charge in [0.1, 0.15) is 4.90 Å². The van der Waals surface area contributed by atoms with Crippen LogP contribution in [0.4, 0.5) is 5.69 Å². The summed E-state index contributed by atoms with van der Waals surface area (Å²) in [5, 5.41) is 2.54. The van der Waals surface area contributed by atoms with Gasteiger partial charge >= 0.3 is 0 Å². The normalized spacial score (nSPS) is 16.4. The highest BCUT2D eigenvalue weighted by atomic mass is 35.5. The van der Waals surface area contributed by atoms with Crippen molar-refractivity contribution in [3.8, 4) is 0 Å². The van der Waals surface area contributed by atoms with Gasteiger partial charge in [-0.25, -0.2) is 13.1 Å². The molecule has 2 aromatic carbocycles. The third kappa shape index (κ3) is 5.39. The van der Waals surface area contributed by atoms with E-state index in [1.54, 1.807) is 24.3 Å². The van der Waals surface area contributed by atoms with Gasteiger partial charge in [0, 0.05) is 24.4 Å². The number of ketones is 1. The lowest BCUT2D eigenvalue weighted by Crippen LogP contribution is -2.32. The van der Waals surface area contributed by atoms with Crippen molar-refractivity contribution < 1.29 is 22.7 Å². The Labute approximate surface area is 184 Å². The van der Waals surface area contributed by atoms with E-state index in [4.69, 9.17) is 27.9 Å². The number of sulfonamides is 1. The lowest BCUT2D eigenvalue weighted by atomic mass is 10.1. The minimum atomic E-state index is -3.98. The van der Waals surface area contributed by atoms with Crippen LogP contribution in [0.2, 0.25) is 10.0 Å². The molecular weight excluding hydrogens is 451 g/mol. The summed E-state index contributed by atoms with van der Waals surface area (Å²) in [6, 6.07) is 8.65. The molecule has 30 heavy (non-hydrogen) atoms. The van der Waals surface area contributed by atoms with E-state index in [1.807, 2.05) is 0 Å². The van der Waals surface area contributed by atoms with Crippen LogP contribution in [0, 0.1) is 0 Å². The molecule has 7 nitrogen and oxygen atoms in total. The fourth-order valence-corrected chi connectivity index (χ4v) is 4.90. The Balaban J connectivity index is 1.81. The van der Waals surface area contributed by atoms with E-state index in [9.17, 15) is 18.0 Å². The highest BCUT2D eigenvalue weighted by molar-refractivity contribution is 7.89. The number of hydrogen-bond donors (Lipinski definition) is 2. The average Bonchev–Trinajstić information content (AvgIpc) is 3.20. The predicted octanol–water partition coefficient (Wildman–Crippen LogP) is 3.91. The Morgan fingerprint density at radius 2 is 1.83 bits per heavy atom. The molecule has 3 rings (SSSR count). The predicted molar refractivity (Wildman–Crippen MR) is 115 cm³/mol. The Morgan fingerprint density at radius 3 is 2.43 bits per heavy atom. The van der Waals surface area contributed by atoms with E-state index in [2.05, 4.69) is 10.0 Å². The number of rotatable bonds is 7. The number of anilines is 1. The smallest absolute Gasteiger partial charge is 0.257 e. The Kier molecular flexibility index (Phi) is 7.15. The van der Waals surface area contributed by atoms with Crippen LogP contribution in [0.15, 0.2) is 41.3 Å². The molecule has 1 fully saturated rings. The molecule has 0 bridgehead atoms. The lowest BCUT2D eigenvalue weighted by molar-refractivity contribution is 0.101. The molecule has 2 aromatic rings. The number of ether oxygens (including phenoxy) is 1. The maximum Gasteiger partial charge on any atom is 0.257 e. The number of nitrogens with one attached hydrogen (secondary N) is 2. The highest BCUT2D eigenvalue weighted by Crippen LogP contribution is 2.29. The minimum absolute atomic E-state index is 0.0101. The van der Waals surface area contributed by atoms with Gasteiger partial charge in [-0.05, 0) is 56.2 Å². The van der Waals surface area contributed by atoms with Crippen LogP contribution in [0.5, 0.6) is 0 Å². The number of halogens is 2. The minimum Gasteiger partial charge on any atom is -0.377 e. The highest BCUT2D eigenvalue weighted by Gasteiger charge is 2.25. The molecule has 1 amide bonds. The van der Waals surface area contributed by atoms with E-state index < -0.39 is 15.9 Å². The van der Waals surface area contributed by atoms with Gasteiger partial charge in [-0.2, -0.15) is 0 Å². The lowest BCUT2D eigenvalue weighted by Gasteiger charge is -2.14. The SMILES string of the molecule is CC(=O)c1ccc(NC(=O)c2cc(S(=O)(=O)NCC3CCCO3)c(Cl)cc2Cl)cc1. The van der Waals surface area contributed by atoms with Crippen molar-refractivity contribution in [1.29, 1.82) is 0 Å². The molecule has 1 aliphatic rings. The molecule has 0 aromatic heterocycles. The molecular formula is C20H20Cl2N2O5S. The second kappa shape index (κ2) is 9.45. The zero-order chi connectivity index (χ0) is 21.9. The first-order valence-electron chi connectivity index (χ1n) is 9.20. The van der Waals surface area contributed by atoms with Crippen molar-refractivity contribution in [1.82, 2.24) is 4.72 Å². The molecule has 0 radical (unpaired) electrons. The van der Waals surface area contributed by atoms with E-state index in [0.29, 0.717) is 17.9 Å². The summed E-state index contributed by atoms with van der Waals surface area (Å²) in [4.78, 5) is 23.8. The van der Waals surface area contributed by atoms with Crippen LogP contribution in [0.1, 0.15) is 40.5 Å². The number of Topliss-reactive ketones (excluding diaryl/α,β-unsaturated/α-hetero) is 1. The number of carbonyl (C=O) groups is 2. The molecule has 1 unspecified atom stereocenters. The molecule has 10 heteroatoms. The Bertz CT molecular complexity index is 1070. The monoisotopic (exact) mass is 470 g/mol. The van der Waals surface area contributed by atoms with E-state index in [1.165, 1.54) is 13.0 Å². The number of carbonyl (C=O) groups excluding carboxylic acids is 2. The first kappa shape index (κ1) is 22.7. The average molecular weight is 471 g/mol. The second-order valence-electron chi connectivity index (χ2n) is 6.84. The molecule has 1 atom stereocenters. The number of hydrogen-bond acceptors (Lipinski definition) is 5. The molecule has 1 aliphatic heterocycles. The standard InChI is InChI=1S/C20H20Cl2N2O5S/c1-12(25)13-4-6-14(7-5-13)24-20(26)16-9-19(18(22)10-17(16)21)30(27,28)23-11-15-3-2-8-29-15/h4-7,9-10,15,23H,2-3,8,11H2,1H3,(H,24,26). The first-order valence-corrected chi connectivity index (χ1v) is 11.4. The summed E-state index contributed by atoms with van der Waals surface area (Å²) >= 11 is 12.2. The fraction of sp³-hybridized carbons (Fsp3) is 0.300. The van der Waals surface area contributed by atoms with E-state index in [0.717, 1.165) is 18.9 Å². The summed E-state index contributed by atoms with van der Waals surface area (Å²) in [6.07, 6.45) is 1.46. The molecule has 160 valence electrons. The van der Waals surface area contributed by atoms with Gasteiger partial charge in [-0.3, -0.25) is 9.59 Å². The van der Waals surface area contributed by atoms with Crippen molar-refractivity contribution in [2.24, 2.45) is 0 Å². The van der Waals surface area contributed by atoms with Crippen LogP contribution in [-0.4, -0.2) is 39.4 Å². The first-order chi connectivity index (χ1) is 14.2. The summed E-state index contributed by atoms with van der Waals surface area (Å²) in [5.41, 5.74) is 0.884. The maximum atomic E-state index is 12.7. The third-order valence-corrected chi connectivity index (χ3v) is 6.83. The fourth-order valence-electron chi connectivity index (χ4n) is 2.98.